The molecule has 1 amide bonds. The van der Waals surface area contributed by atoms with Gasteiger partial charge in [-0.3, -0.25) is 23.7 Å². The van der Waals surface area contributed by atoms with Crippen LogP contribution >= 0.6 is 0 Å². The molecule has 3 heterocycles. The fourth-order valence-electron chi connectivity index (χ4n) is 3.79. The number of carbonyl (C=O) groups excluding carboxylic acids is 1. The van der Waals surface area contributed by atoms with Gasteiger partial charge in [0.2, 0.25) is 5.91 Å². The summed E-state index contributed by atoms with van der Waals surface area (Å²) in [6.45, 7) is 2.53. The summed E-state index contributed by atoms with van der Waals surface area (Å²) in [7, 11) is 1.73. The standard InChI is InChI=1S/C20H24N6O2/c1-24-19-16(11-23-24)20(28)26(14-22-19)13-18(27)21-12-17(25-9-5-6-10-25)15-7-3-2-4-8-15/h2-4,7-8,11,14,17H,5-6,9-10,12-13H2,1H3,(H,21,27). The highest BCUT2D eigenvalue weighted by molar-refractivity contribution is 5.77. The average Bonchev–Trinajstić information content (AvgIpc) is 3.36. The first kappa shape index (κ1) is 18.4. The van der Waals surface area contributed by atoms with Crippen LogP contribution in [0.4, 0.5) is 0 Å². The fraction of sp³-hybridized carbons (Fsp3) is 0.400. The molecular weight excluding hydrogens is 356 g/mol. The number of aryl methyl sites for hydroxylation is 1. The number of likely N-dealkylation sites (tertiary alicyclic amines) is 1. The van der Waals surface area contributed by atoms with Crippen LogP contribution in [0.3, 0.4) is 0 Å². The number of hydrogen-bond acceptors (Lipinski definition) is 5. The SMILES string of the molecule is Cn1ncc2c(=O)n(CC(=O)NCC(c3ccccc3)N3CCCC3)cnc21. The third-order valence-corrected chi connectivity index (χ3v) is 5.29. The topological polar surface area (TPSA) is 85.0 Å². The molecule has 1 aromatic carbocycles. The third kappa shape index (κ3) is 3.68. The smallest absolute Gasteiger partial charge is 0.264 e. The second kappa shape index (κ2) is 7.93. The van der Waals surface area contributed by atoms with Gasteiger partial charge in [0.1, 0.15) is 18.3 Å². The van der Waals surface area contributed by atoms with Crippen molar-refractivity contribution in [3.05, 3.63) is 58.8 Å². The van der Waals surface area contributed by atoms with E-state index >= 15 is 0 Å². The Balaban J connectivity index is 1.45. The van der Waals surface area contributed by atoms with Crippen molar-refractivity contribution in [2.75, 3.05) is 19.6 Å². The Morgan fingerprint density at radius 1 is 1.21 bits per heavy atom. The van der Waals surface area contributed by atoms with Gasteiger partial charge < -0.3 is 5.32 Å². The molecule has 28 heavy (non-hydrogen) atoms. The number of aromatic nitrogens is 4. The minimum Gasteiger partial charge on any atom is -0.353 e. The molecule has 0 bridgehead atoms. The van der Waals surface area contributed by atoms with Crippen molar-refractivity contribution in [3.63, 3.8) is 0 Å². The Morgan fingerprint density at radius 2 is 1.96 bits per heavy atom. The number of amides is 1. The Bertz CT molecular complexity index is 1020. The van der Waals surface area contributed by atoms with E-state index in [4.69, 9.17) is 0 Å². The van der Waals surface area contributed by atoms with Crippen LogP contribution in [-0.2, 0) is 18.4 Å². The number of benzene rings is 1. The summed E-state index contributed by atoms with van der Waals surface area (Å²) in [6, 6.07) is 10.4. The van der Waals surface area contributed by atoms with E-state index in [2.05, 4.69) is 32.4 Å². The molecule has 146 valence electrons. The molecule has 8 heteroatoms. The number of hydrogen-bond donors (Lipinski definition) is 1. The first-order valence-corrected chi connectivity index (χ1v) is 9.56. The molecular formula is C20H24N6O2. The van der Waals surface area contributed by atoms with E-state index in [1.807, 2.05) is 18.2 Å². The number of carbonyl (C=O) groups is 1. The Kier molecular flexibility index (Phi) is 5.21. The molecule has 0 radical (unpaired) electrons. The number of nitrogens with one attached hydrogen (secondary N) is 1. The van der Waals surface area contributed by atoms with Gasteiger partial charge in [0.15, 0.2) is 5.65 Å². The van der Waals surface area contributed by atoms with Crippen LogP contribution in [0.25, 0.3) is 11.0 Å². The molecule has 1 atom stereocenters. The van der Waals surface area contributed by atoms with E-state index in [0.717, 1.165) is 13.1 Å². The predicted molar refractivity (Wildman–Crippen MR) is 106 cm³/mol. The summed E-state index contributed by atoms with van der Waals surface area (Å²) >= 11 is 0. The van der Waals surface area contributed by atoms with Crippen LogP contribution in [0, 0.1) is 0 Å². The molecule has 0 spiro atoms. The zero-order valence-corrected chi connectivity index (χ0v) is 15.9. The lowest BCUT2D eigenvalue weighted by Crippen LogP contribution is -2.39. The van der Waals surface area contributed by atoms with Gasteiger partial charge in [0, 0.05) is 13.6 Å². The Labute approximate surface area is 162 Å². The highest BCUT2D eigenvalue weighted by Crippen LogP contribution is 2.24. The third-order valence-electron chi connectivity index (χ3n) is 5.29. The molecule has 1 saturated heterocycles. The Hall–Kier alpha value is -3.00. The van der Waals surface area contributed by atoms with Crippen LogP contribution in [0.15, 0.2) is 47.7 Å². The van der Waals surface area contributed by atoms with Gasteiger partial charge in [-0.05, 0) is 31.5 Å². The highest BCUT2D eigenvalue weighted by atomic mass is 16.2. The second-order valence-electron chi connectivity index (χ2n) is 7.16. The molecule has 1 aliphatic rings. The van der Waals surface area contributed by atoms with Crippen molar-refractivity contribution in [3.8, 4) is 0 Å². The molecule has 1 N–H and O–H groups in total. The van der Waals surface area contributed by atoms with E-state index in [9.17, 15) is 9.59 Å². The second-order valence-corrected chi connectivity index (χ2v) is 7.16. The van der Waals surface area contributed by atoms with E-state index < -0.39 is 0 Å². The summed E-state index contributed by atoms with van der Waals surface area (Å²) in [4.78, 5) is 31.7. The van der Waals surface area contributed by atoms with Gasteiger partial charge in [-0.15, -0.1) is 0 Å². The molecule has 3 aromatic rings. The first-order chi connectivity index (χ1) is 13.6. The summed E-state index contributed by atoms with van der Waals surface area (Å²) in [6.07, 6.45) is 5.26. The van der Waals surface area contributed by atoms with E-state index in [0.29, 0.717) is 17.6 Å². The minimum atomic E-state index is -0.257. The summed E-state index contributed by atoms with van der Waals surface area (Å²) < 4.78 is 2.87. The van der Waals surface area contributed by atoms with Crippen LogP contribution in [-0.4, -0.2) is 49.8 Å². The van der Waals surface area contributed by atoms with E-state index in [1.165, 1.54) is 35.5 Å². The lowest BCUT2D eigenvalue weighted by atomic mass is 10.1. The lowest BCUT2D eigenvalue weighted by Gasteiger charge is -2.28. The molecule has 1 fully saturated rings. The van der Waals surface area contributed by atoms with Crippen molar-refractivity contribution in [2.24, 2.45) is 7.05 Å². The maximum atomic E-state index is 12.5. The molecule has 1 aliphatic heterocycles. The van der Waals surface area contributed by atoms with Crippen molar-refractivity contribution in [1.82, 2.24) is 29.5 Å². The highest BCUT2D eigenvalue weighted by Gasteiger charge is 2.24. The maximum absolute atomic E-state index is 12.5. The molecule has 0 saturated carbocycles. The zero-order valence-electron chi connectivity index (χ0n) is 15.9. The molecule has 4 rings (SSSR count). The van der Waals surface area contributed by atoms with Gasteiger partial charge in [0.05, 0.1) is 12.2 Å². The van der Waals surface area contributed by atoms with Crippen LogP contribution in [0.5, 0.6) is 0 Å². The lowest BCUT2D eigenvalue weighted by molar-refractivity contribution is -0.122. The van der Waals surface area contributed by atoms with E-state index in [1.54, 1.807) is 11.7 Å². The van der Waals surface area contributed by atoms with Gasteiger partial charge in [-0.25, -0.2) is 4.98 Å². The average molecular weight is 380 g/mol. The summed E-state index contributed by atoms with van der Waals surface area (Å²) in [5, 5.41) is 7.46. The Morgan fingerprint density at radius 3 is 2.71 bits per heavy atom. The van der Waals surface area contributed by atoms with Gasteiger partial charge in [-0.2, -0.15) is 5.10 Å². The van der Waals surface area contributed by atoms with Crippen molar-refractivity contribution in [1.29, 1.82) is 0 Å². The summed E-state index contributed by atoms with van der Waals surface area (Å²) in [5.74, 6) is -0.202. The number of fused-ring (bicyclic) bond motifs is 1. The fourth-order valence-corrected chi connectivity index (χ4v) is 3.79. The molecule has 8 nitrogen and oxygen atoms in total. The van der Waals surface area contributed by atoms with Gasteiger partial charge in [0.25, 0.3) is 5.56 Å². The predicted octanol–water partition coefficient (Wildman–Crippen LogP) is 1.08. The zero-order chi connectivity index (χ0) is 19.5. The maximum Gasteiger partial charge on any atom is 0.264 e. The number of nitrogens with zero attached hydrogens (tertiary/aromatic N) is 5. The van der Waals surface area contributed by atoms with Gasteiger partial charge >= 0.3 is 0 Å². The number of rotatable bonds is 6. The van der Waals surface area contributed by atoms with E-state index in [-0.39, 0.29) is 24.1 Å². The molecule has 2 aromatic heterocycles. The van der Waals surface area contributed by atoms with Crippen molar-refractivity contribution >= 4 is 16.9 Å². The van der Waals surface area contributed by atoms with Crippen LogP contribution in [0.2, 0.25) is 0 Å². The van der Waals surface area contributed by atoms with Gasteiger partial charge in [-0.1, -0.05) is 30.3 Å². The monoisotopic (exact) mass is 380 g/mol. The molecule has 1 unspecified atom stereocenters. The van der Waals surface area contributed by atoms with Crippen LogP contribution < -0.4 is 10.9 Å². The van der Waals surface area contributed by atoms with Crippen molar-refractivity contribution < 1.29 is 4.79 Å². The largest absolute Gasteiger partial charge is 0.353 e. The first-order valence-electron chi connectivity index (χ1n) is 9.56. The summed E-state index contributed by atoms with van der Waals surface area (Å²) in [5.41, 5.74) is 1.45. The van der Waals surface area contributed by atoms with Crippen molar-refractivity contribution in [2.45, 2.75) is 25.4 Å². The molecule has 0 aliphatic carbocycles. The minimum absolute atomic E-state index is 0.0574. The normalized spacial score (nSPS) is 15.8. The van der Waals surface area contributed by atoms with Crippen LogP contribution in [0.1, 0.15) is 24.4 Å². The quantitative estimate of drug-likeness (QED) is 0.692.